The van der Waals surface area contributed by atoms with Crippen LogP contribution in [0.25, 0.3) is 0 Å². The number of aromatic nitrogens is 3. The molecule has 1 spiro atoms. The Hall–Kier alpha value is -1.56. The molecule has 162 valence electrons. The van der Waals surface area contributed by atoms with Gasteiger partial charge in [-0.05, 0) is 25.7 Å². The predicted molar refractivity (Wildman–Crippen MR) is 103 cm³/mol. The molecule has 2 fully saturated rings. The molecular formula is C18H29N5O5S. The van der Waals surface area contributed by atoms with Crippen molar-refractivity contribution in [1.82, 2.24) is 24.6 Å². The molecule has 0 aliphatic carbocycles. The number of nitrogens with one attached hydrogen (secondary N) is 1. The number of hydrogen-bond acceptors (Lipinski definition) is 7. The molecule has 3 aliphatic rings. The number of carbonyl (C=O) groups excluding carboxylic acids is 1. The lowest BCUT2D eigenvalue weighted by Crippen LogP contribution is -2.46. The van der Waals surface area contributed by atoms with Crippen molar-refractivity contribution in [2.75, 3.05) is 32.1 Å². The minimum Gasteiger partial charge on any atom is -0.381 e. The van der Waals surface area contributed by atoms with Crippen LogP contribution in [0.3, 0.4) is 0 Å². The lowest BCUT2D eigenvalue weighted by molar-refractivity contribution is -0.140. The van der Waals surface area contributed by atoms with E-state index in [1.807, 2.05) is 11.8 Å². The fraction of sp³-hybridized carbons (Fsp3) is 0.833. The van der Waals surface area contributed by atoms with E-state index in [1.54, 1.807) is 4.68 Å². The monoisotopic (exact) mass is 427 g/mol. The Labute approximate surface area is 171 Å². The van der Waals surface area contributed by atoms with Crippen LogP contribution < -0.4 is 4.72 Å². The van der Waals surface area contributed by atoms with Gasteiger partial charge in [-0.25, -0.2) is 17.8 Å². The van der Waals surface area contributed by atoms with Crippen LogP contribution in [0.5, 0.6) is 0 Å². The molecule has 29 heavy (non-hydrogen) atoms. The average molecular weight is 428 g/mol. The third-order valence-corrected chi connectivity index (χ3v) is 7.53. The summed E-state index contributed by atoms with van der Waals surface area (Å²) in [6.45, 7) is 5.32. The van der Waals surface area contributed by atoms with Crippen molar-refractivity contribution >= 4 is 15.9 Å². The molecule has 1 N–H and O–H groups in total. The number of amides is 1. The summed E-state index contributed by atoms with van der Waals surface area (Å²) in [4.78, 5) is 14.7. The van der Waals surface area contributed by atoms with Gasteiger partial charge >= 0.3 is 0 Å². The molecule has 3 aliphatic heterocycles. The Bertz CT molecular complexity index is 851. The number of ether oxygens (including phenoxy) is 2. The maximum Gasteiger partial charge on any atom is 0.225 e. The highest BCUT2D eigenvalue weighted by atomic mass is 32.2. The fourth-order valence-corrected chi connectivity index (χ4v) is 5.37. The van der Waals surface area contributed by atoms with E-state index in [2.05, 4.69) is 15.0 Å². The first kappa shape index (κ1) is 20.7. The van der Waals surface area contributed by atoms with Crippen LogP contribution in [-0.2, 0) is 44.0 Å². The summed E-state index contributed by atoms with van der Waals surface area (Å²) in [6, 6.07) is 0. The number of hydrogen-bond donors (Lipinski definition) is 1. The fourth-order valence-electron chi connectivity index (χ4n) is 4.33. The van der Waals surface area contributed by atoms with Gasteiger partial charge in [0, 0.05) is 25.7 Å². The zero-order chi connectivity index (χ0) is 20.5. The number of carbonyl (C=O) groups is 1. The molecule has 1 aromatic heterocycles. The zero-order valence-electron chi connectivity index (χ0n) is 16.8. The van der Waals surface area contributed by atoms with Gasteiger partial charge in [0.25, 0.3) is 0 Å². The minimum absolute atomic E-state index is 0.0483. The van der Waals surface area contributed by atoms with Crippen molar-refractivity contribution in [3.63, 3.8) is 0 Å². The van der Waals surface area contributed by atoms with Gasteiger partial charge in [-0.15, -0.1) is 5.10 Å². The zero-order valence-corrected chi connectivity index (χ0v) is 17.6. The van der Waals surface area contributed by atoms with E-state index >= 15 is 0 Å². The maximum atomic E-state index is 12.8. The van der Waals surface area contributed by atoms with E-state index in [-0.39, 0.29) is 24.1 Å². The quantitative estimate of drug-likeness (QED) is 0.681. The summed E-state index contributed by atoms with van der Waals surface area (Å²) in [7, 11) is -3.30. The van der Waals surface area contributed by atoms with Crippen LogP contribution >= 0.6 is 0 Å². The minimum atomic E-state index is -3.30. The van der Waals surface area contributed by atoms with E-state index in [4.69, 9.17) is 9.47 Å². The molecule has 2 saturated heterocycles. The Morgan fingerprint density at radius 3 is 2.86 bits per heavy atom. The van der Waals surface area contributed by atoms with Crippen molar-refractivity contribution in [3.05, 3.63) is 11.4 Å². The number of likely N-dealkylation sites (tertiary alicyclic amines) is 1. The van der Waals surface area contributed by atoms with Crippen LogP contribution in [0.4, 0.5) is 0 Å². The summed E-state index contributed by atoms with van der Waals surface area (Å²) in [5, 5.41) is 8.37. The SMILES string of the molecule is CCCS(=O)(=O)NCc1nnn2c1COC1(CCN(C(=O)C3CCOCC3)C1)C2. The molecule has 1 aromatic rings. The standard InChI is InChI=1S/C18H29N5O5S/c1-2-9-29(25,26)19-10-15-16-11-28-18(13-23(16)21-20-15)5-6-22(12-18)17(24)14-3-7-27-8-4-14/h14,19H,2-13H2,1H3. The summed E-state index contributed by atoms with van der Waals surface area (Å²) >= 11 is 0. The first-order chi connectivity index (χ1) is 13.9. The topological polar surface area (TPSA) is 116 Å². The summed E-state index contributed by atoms with van der Waals surface area (Å²) in [6.07, 6.45) is 2.89. The highest BCUT2D eigenvalue weighted by Crippen LogP contribution is 2.34. The van der Waals surface area contributed by atoms with Crippen LogP contribution in [0, 0.1) is 5.92 Å². The van der Waals surface area contributed by atoms with Crippen LogP contribution in [0.2, 0.25) is 0 Å². The summed E-state index contributed by atoms with van der Waals surface area (Å²) in [5.74, 6) is 0.337. The molecule has 0 saturated carbocycles. The highest BCUT2D eigenvalue weighted by Gasteiger charge is 2.45. The van der Waals surface area contributed by atoms with Crippen molar-refractivity contribution in [2.24, 2.45) is 5.92 Å². The van der Waals surface area contributed by atoms with Gasteiger partial charge in [0.15, 0.2) is 0 Å². The van der Waals surface area contributed by atoms with E-state index in [1.165, 1.54) is 0 Å². The molecule has 4 heterocycles. The summed E-state index contributed by atoms with van der Waals surface area (Å²) in [5.41, 5.74) is 0.942. The van der Waals surface area contributed by atoms with Crippen LogP contribution in [0.15, 0.2) is 0 Å². The van der Waals surface area contributed by atoms with Gasteiger partial charge in [0.1, 0.15) is 11.3 Å². The van der Waals surface area contributed by atoms with Gasteiger partial charge in [-0.1, -0.05) is 12.1 Å². The Kier molecular flexibility index (Phi) is 5.92. The molecule has 0 radical (unpaired) electrons. The lowest BCUT2D eigenvalue weighted by atomic mass is 9.98. The van der Waals surface area contributed by atoms with E-state index < -0.39 is 15.6 Å². The van der Waals surface area contributed by atoms with Crippen LogP contribution in [0.1, 0.15) is 44.0 Å². The molecule has 1 unspecified atom stereocenters. The molecule has 4 rings (SSSR count). The molecule has 11 heteroatoms. The maximum absolute atomic E-state index is 12.8. The Balaban J connectivity index is 1.38. The number of nitrogens with zero attached hydrogens (tertiary/aromatic N) is 4. The molecule has 10 nitrogen and oxygen atoms in total. The van der Waals surface area contributed by atoms with Crippen molar-refractivity contribution in [1.29, 1.82) is 0 Å². The van der Waals surface area contributed by atoms with Gasteiger partial charge < -0.3 is 14.4 Å². The van der Waals surface area contributed by atoms with Crippen LogP contribution in [-0.4, -0.2) is 71.9 Å². The van der Waals surface area contributed by atoms with Gasteiger partial charge in [-0.3, -0.25) is 4.79 Å². The first-order valence-corrected chi connectivity index (χ1v) is 12.0. The molecule has 0 aromatic carbocycles. The third kappa shape index (κ3) is 4.47. The molecular weight excluding hydrogens is 398 g/mol. The summed E-state index contributed by atoms with van der Waals surface area (Å²) < 4.78 is 39.7. The normalized spacial score (nSPS) is 25.5. The second-order valence-corrected chi connectivity index (χ2v) is 10.1. The second-order valence-electron chi connectivity index (χ2n) is 8.15. The van der Waals surface area contributed by atoms with E-state index in [0.29, 0.717) is 51.6 Å². The average Bonchev–Trinajstić information content (AvgIpc) is 3.31. The van der Waals surface area contributed by atoms with E-state index in [0.717, 1.165) is 25.0 Å². The van der Waals surface area contributed by atoms with Crippen molar-refractivity contribution in [2.45, 2.75) is 57.9 Å². The number of sulfonamides is 1. The largest absolute Gasteiger partial charge is 0.381 e. The molecule has 1 amide bonds. The number of rotatable bonds is 6. The third-order valence-electron chi connectivity index (χ3n) is 6.00. The Morgan fingerprint density at radius 1 is 1.31 bits per heavy atom. The van der Waals surface area contributed by atoms with Crippen molar-refractivity contribution in [3.8, 4) is 0 Å². The van der Waals surface area contributed by atoms with Gasteiger partial charge in [0.05, 0.1) is 37.7 Å². The molecule has 0 bridgehead atoms. The second kappa shape index (κ2) is 8.29. The van der Waals surface area contributed by atoms with Gasteiger partial charge in [-0.2, -0.15) is 0 Å². The number of fused-ring (bicyclic) bond motifs is 1. The Morgan fingerprint density at radius 2 is 2.10 bits per heavy atom. The molecule has 1 atom stereocenters. The highest BCUT2D eigenvalue weighted by molar-refractivity contribution is 7.89. The van der Waals surface area contributed by atoms with Crippen molar-refractivity contribution < 1.29 is 22.7 Å². The lowest BCUT2D eigenvalue weighted by Gasteiger charge is -2.34. The van der Waals surface area contributed by atoms with Gasteiger partial charge in [0.2, 0.25) is 15.9 Å². The first-order valence-electron chi connectivity index (χ1n) is 10.3. The predicted octanol–water partition coefficient (Wildman–Crippen LogP) is 0.0354. The van der Waals surface area contributed by atoms with E-state index in [9.17, 15) is 13.2 Å². The smallest absolute Gasteiger partial charge is 0.225 e.